The lowest BCUT2D eigenvalue weighted by molar-refractivity contribution is -0.138. The number of amides is 4. The van der Waals surface area contributed by atoms with Crippen LogP contribution < -0.4 is 15.4 Å². The third-order valence-corrected chi connectivity index (χ3v) is 6.07. The first-order valence-corrected chi connectivity index (χ1v) is 11.4. The number of anilines is 1. The number of nitrogens with one attached hydrogen (secondary N) is 2. The van der Waals surface area contributed by atoms with Crippen molar-refractivity contribution in [3.05, 3.63) is 59.7 Å². The fraction of sp³-hybridized carbons (Fsp3) is 0.400. The van der Waals surface area contributed by atoms with Crippen molar-refractivity contribution in [1.82, 2.24) is 15.1 Å². The molecule has 2 atom stereocenters. The van der Waals surface area contributed by atoms with Crippen molar-refractivity contribution in [2.45, 2.75) is 45.3 Å². The van der Waals surface area contributed by atoms with Gasteiger partial charge >= 0.3 is 6.03 Å². The number of aryl methyl sites for hydroxylation is 1. The minimum absolute atomic E-state index is 0.139. The summed E-state index contributed by atoms with van der Waals surface area (Å²) in [5.41, 5.74) is 2.53. The Balaban J connectivity index is 1.53. The third kappa shape index (κ3) is 5.01. The molecule has 2 N–H and O–H groups in total. The van der Waals surface area contributed by atoms with Crippen LogP contribution in [0.15, 0.2) is 48.5 Å². The predicted molar refractivity (Wildman–Crippen MR) is 125 cm³/mol. The van der Waals surface area contributed by atoms with Gasteiger partial charge in [-0.05, 0) is 50.9 Å². The van der Waals surface area contributed by atoms with Crippen LogP contribution in [0.4, 0.5) is 10.5 Å². The van der Waals surface area contributed by atoms with Gasteiger partial charge in [-0.2, -0.15) is 0 Å². The van der Waals surface area contributed by atoms with Gasteiger partial charge in [0.1, 0.15) is 18.3 Å². The molecule has 0 spiro atoms. The van der Waals surface area contributed by atoms with Crippen LogP contribution >= 0.6 is 0 Å². The molecular formula is C25H30N4O4. The average Bonchev–Trinajstić information content (AvgIpc) is 2.82. The molecule has 2 aliphatic heterocycles. The second-order valence-electron chi connectivity index (χ2n) is 8.44. The number of hydrogen-bond donors (Lipinski definition) is 2. The van der Waals surface area contributed by atoms with Crippen molar-refractivity contribution in [3.8, 4) is 5.75 Å². The molecule has 8 heteroatoms. The van der Waals surface area contributed by atoms with Crippen LogP contribution in [0, 0.1) is 6.92 Å². The number of imide groups is 1. The zero-order chi connectivity index (χ0) is 23.4. The quantitative estimate of drug-likeness (QED) is 0.677. The first-order valence-electron chi connectivity index (χ1n) is 11.4. The fourth-order valence-corrected chi connectivity index (χ4v) is 4.42. The molecule has 0 aliphatic carbocycles. The van der Waals surface area contributed by atoms with Crippen LogP contribution in [0.2, 0.25) is 0 Å². The van der Waals surface area contributed by atoms with Crippen LogP contribution in [-0.2, 0) is 16.1 Å². The highest BCUT2D eigenvalue weighted by atomic mass is 16.5. The molecule has 0 saturated carbocycles. The minimum Gasteiger partial charge on any atom is -0.492 e. The number of rotatable bonds is 7. The Labute approximate surface area is 193 Å². The van der Waals surface area contributed by atoms with Crippen LogP contribution in [0.3, 0.4) is 0 Å². The lowest BCUT2D eigenvalue weighted by atomic mass is 9.93. The highest BCUT2D eigenvalue weighted by molar-refractivity contribution is 6.03. The summed E-state index contributed by atoms with van der Waals surface area (Å²) in [6.45, 7) is 5.08. The van der Waals surface area contributed by atoms with E-state index in [9.17, 15) is 14.4 Å². The Bertz CT molecular complexity index is 1020. The summed E-state index contributed by atoms with van der Waals surface area (Å²) in [6.07, 6.45) is 1.52. The highest BCUT2D eigenvalue weighted by Crippen LogP contribution is 2.27. The molecule has 8 nitrogen and oxygen atoms in total. The number of nitrogens with zero attached hydrogens (tertiary/aromatic N) is 2. The van der Waals surface area contributed by atoms with Crippen LogP contribution in [-0.4, -0.2) is 59.4 Å². The van der Waals surface area contributed by atoms with E-state index >= 15 is 0 Å². The topological polar surface area (TPSA) is 91.0 Å². The number of piperidine rings is 1. The molecule has 0 bridgehead atoms. The summed E-state index contributed by atoms with van der Waals surface area (Å²) in [7, 11) is 0. The van der Waals surface area contributed by atoms with Crippen molar-refractivity contribution in [2.75, 3.05) is 25.0 Å². The molecule has 4 rings (SSSR count). The Hall–Kier alpha value is -3.39. The number of hydrogen-bond acceptors (Lipinski definition) is 5. The molecule has 2 fully saturated rings. The zero-order valence-corrected chi connectivity index (χ0v) is 19.0. The molecule has 0 aromatic heterocycles. The molecule has 2 aromatic carbocycles. The number of urea groups is 1. The molecule has 2 aliphatic rings. The van der Waals surface area contributed by atoms with E-state index in [0.29, 0.717) is 31.0 Å². The van der Waals surface area contributed by atoms with E-state index in [1.165, 1.54) is 9.80 Å². The van der Waals surface area contributed by atoms with E-state index in [2.05, 4.69) is 10.6 Å². The van der Waals surface area contributed by atoms with Crippen LogP contribution in [0.1, 0.15) is 30.9 Å². The van der Waals surface area contributed by atoms with Crippen LogP contribution in [0.25, 0.3) is 0 Å². The lowest BCUT2D eigenvalue weighted by Crippen LogP contribution is -2.70. The summed E-state index contributed by atoms with van der Waals surface area (Å²) in [4.78, 5) is 42.3. The molecule has 2 heterocycles. The minimum atomic E-state index is -0.509. The van der Waals surface area contributed by atoms with Gasteiger partial charge in [0.2, 0.25) is 11.8 Å². The molecule has 4 amide bonds. The molecule has 2 unspecified atom stereocenters. The summed E-state index contributed by atoms with van der Waals surface area (Å²) < 4.78 is 5.58. The summed E-state index contributed by atoms with van der Waals surface area (Å²) in [5.74, 6) is 0.0137. The first-order chi connectivity index (χ1) is 16.0. The van der Waals surface area contributed by atoms with Crippen molar-refractivity contribution < 1.29 is 19.1 Å². The normalized spacial score (nSPS) is 20.4. The second kappa shape index (κ2) is 10.0. The van der Waals surface area contributed by atoms with Crippen LogP contribution in [0.5, 0.6) is 5.75 Å². The molecule has 2 saturated heterocycles. The van der Waals surface area contributed by atoms with Gasteiger partial charge in [-0.25, -0.2) is 4.79 Å². The maximum atomic E-state index is 13.4. The molecule has 0 radical (unpaired) electrons. The summed E-state index contributed by atoms with van der Waals surface area (Å²) in [5, 5.41) is 6.12. The Kier molecular flexibility index (Phi) is 6.93. The standard InChI is InChI=1S/C25H30N4O4/c1-3-33-21-9-5-4-7-19(21)27-22(30)16-28-20-8-6-14-26-23(20)24(31)29(25(28)32)15-18-12-10-17(2)11-13-18/h4-5,7,9-13,20,23,26H,3,6,8,14-16H2,1-2H3,(H,27,30). The van der Waals surface area contributed by atoms with E-state index in [1.807, 2.05) is 50.2 Å². The van der Waals surface area contributed by atoms with Crippen molar-refractivity contribution in [2.24, 2.45) is 0 Å². The van der Waals surface area contributed by atoms with Gasteiger partial charge in [0.15, 0.2) is 0 Å². The Morgan fingerprint density at radius 2 is 1.91 bits per heavy atom. The Morgan fingerprint density at radius 1 is 1.15 bits per heavy atom. The maximum Gasteiger partial charge on any atom is 0.327 e. The van der Waals surface area contributed by atoms with Crippen molar-refractivity contribution >= 4 is 23.5 Å². The molecular weight excluding hydrogens is 420 g/mol. The lowest BCUT2D eigenvalue weighted by Gasteiger charge is -2.46. The number of benzene rings is 2. The molecule has 33 heavy (non-hydrogen) atoms. The van der Waals surface area contributed by atoms with Crippen molar-refractivity contribution in [1.29, 1.82) is 0 Å². The largest absolute Gasteiger partial charge is 0.492 e. The summed E-state index contributed by atoms with van der Waals surface area (Å²) in [6, 6.07) is 13.6. The van der Waals surface area contributed by atoms with Gasteiger partial charge in [0.25, 0.3) is 0 Å². The highest BCUT2D eigenvalue weighted by Gasteiger charge is 2.47. The van der Waals surface area contributed by atoms with E-state index in [0.717, 1.165) is 17.5 Å². The zero-order valence-electron chi connectivity index (χ0n) is 19.0. The van der Waals surface area contributed by atoms with Gasteiger partial charge in [-0.3, -0.25) is 14.5 Å². The SMILES string of the molecule is CCOc1ccccc1NC(=O)CN1C(=O)N(Cc2ccc(C)cc2)C(=O)C2NCCCC21. The fourth-order valence-electron chi connectivity index (χ4n) is 4.42. The Morgan fingerprint density at radius 3 is 2.67 bits per heavy atom. The summed E-state index contributed by atoms with van der Waals surface area (Å²) >= 11 is 0. The van der Waals surface area contributed by atoms with E-state index in [4.69, 9.17) is 4.74 Å². The average molecular weight is 451 g/mol. The number of carbonyl (C=O) groups excluding carboxylic acids is 3. The smallest absolute Gasteiger partial charge is 0.327 e. The number of carbonyl (C=O) groups is 3. The predicted octanol–water partition coefficient (Wildman–Crippen LogP) is 2.92. The maximum absolute atomic E-state index is 13.4. The third-order valence-electron chi connectivity index (χ3n) is 6.07. The van der Waals surface area contributed by atoms with E-state index in [-0.39, 0.29) is 30.9 Å². The van der Waals surface area contributed by atoms with Crippen molar-refractivity contribution in [3.63, 3.8) is 0 Å². The molecule has 174 valence electrons. The van der Waals surface area contributed by atoms with Gasteiger partial charge in [-0.15, -0.1) is 0 Å². The van der Waals surface area contributed by atoms with Gasteiger partial charge in [-0.1, -0.05) is 42.0 Å². The first kappa shape index (κ1) is 22.8. The number of para-hydroxylation sites is 2. The monoisotopic (exact) mass is 450 g/mol. The van der Waals surface area contributed by atoms with E-state index in [1.54, 1.807) is 12.1 Å². The second-order valence-corrected chi connectivity index (χ2v) is 8.44. The van der Waals surface area contributed by atoms with Gasteiger partial charge < -0.3 is 20.3 Å². The van der Waals surface area contributed by atoms with E-state index < -0.39 is 12.1 Å². The number of ether oxygens (including phenoxy) is 1. The van der Waals surface area contributed by atoms with Gasteiger partial charge in [0, 0.05) is 0 Å². The number of fused-ring (bicyclic) bond motifs is 1. The van der Waals surface area contributed by atoms with Gasteiger partial charge in [0.05, 0.1) is 24.9 Å². The molecule has 2 aromatic rings.